The number of hydrogen-bond donors (Lipinski definition) is 1. The zero-order valence-corrected chi connectivity index (χ0v) is 13.9. The molecule has 0 radical (unpaired) electrons. The van der Waals surface area contributed by atoms with Crippen LogP contribution in [0.5, 0.6) is 11.5 Å². The quantitative estimate of drug-likeness (QED) is 0.904. The fourth-order valence-corrected chi connectivity index (χ4v) is 3.19. The number of rotatable bonds is 4. The Hall–Kier alpha value is -1.71. The van der Waals surface area contributed by atoms with Gasteiger partial charge >= 0.3 is 0 Å². The van der Waals surface area contributed by atoms with Gasteiger partial charge in [-0.1, -0.05) is 24.6 Å². The molecule has 4 heteroatoms. The molecule has 1 aliphatic rings. The lowest BCUT2D eigenvalue weighted by atomic mass is 10.0. The van der Waals surface area contributed by atoms with E-state index in [2.05, 4.69) is 36.3 Å². The molecule has 2 aromatic rings. The van der Waals surface area contributed by atoms with Crippen LogP contribution >= 0.6 is 11.6 Å². The Kier molecular flexibility index (Phi) is 4.27. The lowest BCUT2D eigenvalue weighted by molar-refractivity contribution is 0.473. The number of anilines is 1. The van der Waals surface area contributed by atoms with Gasteiger partial charge in [0.05, 0.1) is 0 Å². The van der Waals surface area contributed by atoms with Crippen molar-refractivity contribution in [2.45, 2.75) is 19.4 Å². The Morgan fingerprint density at radius 2 is 2.09 bits per heavy atom. The maximum absolute atomic E-state index is 6.11. The molecule has 1 atom stereocenters. The van der Waals surface area contributed by atoms with Gasteiger partial charge in [-0.3, -0.25) is 0 Å². The van der Waals surface area contributed by atoms with E-state index in [1.165, 1.54) is 11.3 Å². The monoisotopic (exact) mass is 316 g/mol. The van der Waals surface area contributed by atoms with Crippen LogP contribution in [0.4, 0.5) is 5.69 Å². The summed E-state index contributed by atoms with van der Waals surface area (Å²) in [7, 11) is 4.05. The number of hydrogen-bond acceptors (Lipinski definition) is 3. The molecule has 3 nitrogen and oxygen atoms in total. The van der Waals surface area contributed by atoms with Gasteiger partial charge in [0.1, 0.15) is 11.5 Å². The molecule has 1 aliphatic heterocycles. The summed E-state index contributed by atoms with van der Waals surface area (Å²) in [6, 6.07) is 12.1. The highest BCUT2D eigenvalue weighted by molar-refractivity contribution is 6.30. The fourth-order valence-electron chi connectivity index (χ4n) is 3.03. The molecule has 0 saturated carbocycles. The molecule has 3 rings (SSSR count). The normalized spacial score (nSPS) is 16.7. The van der Waals surface area contributed by atoms with E-state index < -0.39 is 0 Å². The number of halogens is 1. The molecule has 1 heterocycles. The van der Waals surface area contributed by atoms with E-state index in [-0.39, 0.29) is 0 Å². The van der Waals surface area contributed by atoms with Crippen LogP contribution in [0.25, 0.3) is 0 Å². The zero-order chi connectivity index (χ0) is 15.7. The number of fused-ring (bicyclic) bond motifs is 1. The molecule has 0 saturated heterocycles. The third kappa shape index (κ3) is 2.92. The lowest BCUT2D eigenvalue weighted by Gasteiger charge is -2.14. The number of ether oxygens (including phenoxy) is 1. The van der Waals surface area contributed by atoms with Crippen molar-refractivity contribution in [2.24, 2.45) is 0 Å². The Bertz CT molecular complexity index is 687. The van der Waals surface area contributed by atoms with E-state index in [9.17, 15) is 0 Å². The van der Waals surface area contributed by atoms with Crippen LogP contribution in [0.2, 0.25) is 5.02 Å². The maximum Gasteiger partial charge on any atom is 0.133 e. The average molecular weight is 317 g/mol. The van der Waals surface area contributed by atoms with Gasteiger partial charge in [-0.05, 0) is 42.9 Å². The first-order valence-electron chi connectivity index (χ1n) is 7.54. The first-order chi connectivity index (χ1) is 10.6. The van der Waals surface area contributed by atoms with E-state index in [0.29, 0.717) is 10.9 Å². The summed E-state index contributed by atoms with van der Waals surface area (Å²) in [6.07, 6.45) is 0. The predicted octanol–water partition coefficient (Wildman–Crippen LogP) is 4.41. The van der Waals surface area contributed by atoms with Crippen LogP contribution in [0.1, 0.15) is 24.0 Å². The second kappa shape index (κ2) is 6.19. The second-order valence-corrected chi connectivity index (χ2v) is 6.32. The second-order valence-electron chi connectivity index (χ2n) is 5.89. The average Bonchev–Trinajstić information content (AvgIpc) is 2.77. The third-order valence-corrected chi connectivity index (χ3v) is 4.35. The molecule has 0 fully saturated rings. The highest BCUT2D eigenvalue weighted by Gasteiger charge is 2.23. The summed E-state index contributed by atoms with van der Waals surface area (Å²) >= 11 is 6.11. The number of likely N-dealkylation sites (N-methyl/N-ethyl adjacent to an activating group) is 1. The molecular weight excluding hydrogens is 296 g/mol. The molecule has 0 aromatic heterocycles. The Morgan fingerprint density at radius 1 is 1.27 bits per heavy atom. The SMILES string of the molecule is CNCc1ccc(Cl)cc1Oc1ccc2c(c1)C(C)CN2C. The van der Waals surface area contributed by atoms with Gasteiger partial charge in [0.15, 0.2) is 0 Å². The van der Waals surface area contributed by atoms with E-state index in [1.807, 2.05) is 31.3 Å². The molecule has 22 heavy (non-hydrogen) atoms. The van der Waals surface area contributed by atoms with Gasteiger partial charge in [0.25, 0.3) is 0 Å². The van der Waals surface area contributed by atoms with Crippen LogP contribution in [0.3, 0.4) is 0 Å². The number of benzene rings is 2. The van der Waals surface area contributed by atoms with Crippen LogP contribution in [0.15, 0.2) is 36.4 Å². The van der Waals surface area contributed by atoms with Crippen LogP contribution in [0, 0.1) is 0 Å². The van der Waals surface area contributed by atoms with Crippen molar-refractivity contribution in [1.82, 2.24) is 5.32 Å². The van der Waals surface area contributed by atoms with Gasteiger partial charge in [0.2, 0.25) is 0 Å². The highest BCUT2D eigenvalue weighted by atomic mass is 35.5. The minimum atomic E-state index is 0.527. The molecule has 0 amide bonds. The van der Waals surface area contributed by atoms with E-state index >= 15 is 0 Å². The Morgan fingerprint density at radius 3 is 2.86 bits per heavy atom. The molecular formula is C18H21ClN2O. The topological polar surface area (TPSA) is 24.5 Å². The number of nitrogens with zero attached hydrogens (tertiary/aromatic N) is 1. The first-order valence-corrected chi connectivity index (χ1v) is 7.92. The summed E-state index contributed by atoms with van der Waals surface area (Å²) in [5.41, 5.74) is 3.73. The van der Waals surface area contributed by atoms with Crippen molar-refractivity contribution >= 4 is 17.3 Å². The summed E-state index contributed by atoms with van der Waals surface area (Å²) in [4.78, 5) is 2.29. The van der Waals surface area contributed by atoms with Gasteiger partial charge in [-0.2, -0.15) is 0 Å². The van der Waals surface area contributed by atoms with E-state index in [0.717, 1.165) is 30.2 Å². The lowest BCUT2D eigenvalue weighted by Crippen LogP contribution is -2.13. The summed E-state index contributed by atoms with van der Waals surface area (Å²) in [6.45, 7) is 4.05. The summed E-state index contributed by atoms with van der Waals surface area (Å²) in [5, 5.41) is 3.84. The summed E-state index contributed by atoms with van der Waals surface area (Å²) < 4.78 is 6.11. The largest absolute Gasteiger partial charge is 0.457 e. The Balaban J connectivity index is 1.91. The van der Waals surface area contributed by atoms with Crippen molar-refractivity contribution in [3.63, 3.8) is 0 Å². The molecule has 0 spiro atoms. The predicted molar refractivity (Wildman–Crippen MR) is 92.4 cm³/mol. The minimum Gasteiger partial charge on any atom is -0.457 e. The van der Waals surface area contributed by atoms with Crippen molar-refractivity contribution in [3.05, 3.63) is 52.5 Å². The molecule has 1 N–H and O–H groups in total. The Labute approximate surface area is 136 Å². The van der Waals surface area contributed by atoms with Gasteiger partial charge in [0, 0.05) is 42.3 Å². The van der Waals surface area contributed by atoms with Gasteiger partial charge in [-0.15, -0.1) is 0 Å². The first kappa shape index (κ1) is 15.2. The van der Waals surface area contributed by atoms with Crippen molar-refractivity contribution in [1.29, 1.82) is 0 Å². The molecule has 2 aromatic carbocycles. The minimum absolute atomic E-state index is 0.527. The van der Waals surface area contributed by atoms with Crippen LogP contribution in [-0.2, 0) is 6.54 Å². The van der Waals surface area contributed by atoms with Crippen molar-refractivity contribution < 1.29 is 4.74 Å². The van der Waals surface area contributed by atoms with Crippen LogP contribution in [-0.4, -0.2) is 20.6 Å². The summed E-state index contributed by atoms with van der Waals surface area (Å²) in [5.74, 6) is 2.20. The van der Waals surface area contributed by atoms with Gasteiger partial charge < -0.3 is 15.0 Å². The molecule has 1 unspecified atom stereocenters. The van der Waals surface area contributed by atoms with E-state index in [1.54, 1.807) is 0 Å². The van der Waals surface area contributed by atoms with Crippen molar-refractivity contribution in [2.75, 3.05) is 25.5 Å². The number of nitrogens with one attached hydrogen (secondary N) is 1. The standard InChI is InChI=1S/C18H21ClN2O/c1-12-11-21(3)17-7-6-15(9-16(12)17)22-18-8-14(19)5-4-13(18)10-20-2/h4-9,12,20H,10-11H2,1-3H3. The highest BCUT2D eigenvalue weighted by Crippen LogP contribution is 2.38. The van der Waals surface area contributed by atoms with Gasteiger partial charge in [-0.25, -0.2) is 0 Å². The third-order valence-electron chi connectivity index (χ3n) is 4.11. The zero-order valence-electron chi connectivity index (χ0n) is 13.2. The molecule has 116 valence electrons. The maximum atomic E-state index is 6.11. The molecule has 0 aliphatic carbocycles. The van der Waals surface area contributed by atoms with E-state index in [4.69, 9.17) is 16.3 Å². The fraction of sp³-hybridized carbons (Fsp3) is 0.333. The van der Waals surface area contributed by atoms with Crippen molar-refractivity contribution in [3.8, 4) is 11.5 Å². The molecule has 0 bridgehead atoms. The van der Waals surface area contributed by atoms with Crippen LogP contribution < -0.4 is 15.0 Å². The smallest absolute Gasteiger partial charge is 0.133 e.